The molecule has 0 spiro atoms. The second kappa shape index (κ2) is 8.19. The molecule has 2 saturated heterocycles. The third-order valence-electron chi connectivity index (χ3n) is 5.35. The minimum Gasteiger partial charge on any atom is -0.373 e. The number of fused-ring (bicyclic) bond motifs is 1. The molecular formula is C20H26N4O3. The predicted octanol–water partition coefficient (Wildman–Crippen LogP) is 1.81. The minimum atomic E-state index is 0.116. The fourth-order valence-electron chi connectivity index (χ4n) is 3.97. The van der Waals surface area contributed by atoms with Gasteiger partial charge in [0.25, 0.3) is 0 Å². The van der Waals surface area contributed by atoms with Crippen LogP contribution in [-0.2, 0) is 22.5 Å². The van der Waals surface area contributed by atoms with Crippen molar-refractivity contribution in [2.45, 2.75) is 44.9 Å². The summed E-state index contributed by atoms with van der Waals surface area (Å²) in [4.78, 5) is 21.2. The molecule has 27 heavy (non-hydrogen) atoms. The van der Waals surface area contributed by atoms with E-state index in [2.05, 4.69) is 39.3 Å². The standard InChI is InChI=1S/C20H26N4O3/c1-15-21-19(27-22-15)8-5-9-20(25)24-13-17-18(14-24)26-11-10-23(17)12-16-6-3-2-4-7-16/h2-4,6-7,17-18H,5,8-14H2,1H3/t17-,18+/m1/s1. The van der Waals surface area contributed by atoms with Crippen LogP contribution in [0.5, 0.6) is 0 Å². The molecule has 2 aromatic rings. The summed E-state index contributed by atoms with van der Waals surface area (Å²) in [5.41, 5.74) is 1.30. The lowest BCUT2D eigenvalue weighted by molar-refractivity contribution is -0.130. The number of nitrogens with zero attached hydrogens (tertiary/aromatic N) is 4. The number of carbonyl (C=O) groups excluding carboxylic acids is 1. The Labute approximate surface area is 159 Å². The molecule has 0 radical (unpaired) electrons. The first kappa shape index (κ1) is 18.1. The molecule has 7 heteroatoms. The molecule has 1 amide bonds. The number of hydrogen-bond donors (Lipinski definition) is 0. The molecule has 4 rings (SSSR count). The van der Waals surface area contributed by atoms with Gasteiger partial charge in [0.05, 0.1) is 18.8 Å². The van der Waals surface area contributed by atoms with E-state index in [1.165, 1.54) is 5.56 Å². The highest BCUT2D eigenvalue weighted by atomic mass is 16.5. The molecule has 0 aliphatic carbocycles. The van der Waals surface area contributed by atoms with Gasteiger partial charge in [-0.05, 0) is 18.9 Å². The van der Waals surface area contributed by atoms with Gasteiger partial charge < -0.3 is 14.2 Å². The van der Waals surface area contributed by atoms with Crippen LogP contribution in [0.4, 0.5) is 0 Å². The molecular weight excluding hydrogens is 344 g/mol. The fraction of sp³-hybridized carbons (Fsp3) is 0.550. The van der Waals surface area contributed by atoms with E-state index in [9.17, 15) is 4.79 Å². The maximum Gasteiger partial charge on any atom is 0.226 e. The number of benzene rings is 1. The molecule has 1 aromatic carbocycles. The van der Waals surface area contributed by atoms with E-state index in [0.717, 1.165) is 32.7 Å². The zero-order chi connectivity index (χ0) is 18.6. The van der Waals surface area contributed by atoms with E-state index in [1.807, 2.05) is 11.0 Å². The Kier molecular flexibility index (Phi) is 5.50. The van der Waals surface area contributed by atoms with Crippen molar-refractivity contribution in [1.29, 1.82) is 0 Å². The number of aromatic nitrogens is 2. The molecule has 1 aromatic heterocycles. The van der Waals surface area contributed by atoms with Crippen LogP contribution in [0.15, 0.2) is 34.9 Å². The topological polar surface area (TPSA) is 71.7 Å². The van der Waals surface area contributed by atoms with E-state index < -0.39 is 0 Å². The van der Waals surface area contributed by atoms with Crippen molar-refractivity contribution in [2.24, 2.45) is 0 Å². The number of carbonyl (C=O) groups is 1. The molecule has 0 bridgehead atoms. The van der Waals surface area contributed by atoms with E-state index in [0.29, 0.717) is 31.1 Å². The third kappa shape index (κ3) is 4.36. The summed E-state index contributed by atoms with van der Waals surface area (Å²) in [5.74, 6) is 1.42. The smallest absolute Gasteiger partial charge is 0.226 e. The van der Waals surface area contributed by atoms with Crippen LogP contribution in [0.2, 0.25) is 0 Å². The number of likely N-dealkylation sites (tertiary alicyclic amines) is 1. The van der Waals surface area contributed by atoms with Crippen LogP contribution in [0.3, 0.4) is 0 Å². The Hall–Kier alpha value is -2.25. The van der Waals surface area contributed by atoms with Crippen molar-refractivity contribution >= 4 is 5.91 Å². The number of hydrogen-bond acceptors (Lipinski definition) is 6. The first-order valence-corrected chi connectivity index (χ1v) is 9.65. The van der Waals surface area contributed by atoms with Crippen LogP contribution in [0.1, 0.15) is 30.1 Å². The summed E-state index contributed by atoms with van der Waals surface area (Å²) >= 11 is 0. The molecule has 0 saturated carbocycles. The highest BCUT2D eigenvalue weighted by Gasteiger charge is 2.41. The lowest BCUT2D eigenvalue weighted by Crippen LogP contribution is -2.50. The van der Waals surface area contributed by atoms with Gasteiger partial charge in [-0.2, -0.15) is 4.98 Å². The number of morpholine rings is 1. The van der Waals surface area contributed by atoms with Crippen LogP contribution in [0, 0.1) is 6.92 Å². The Balaban J connectivity index is 1.30. The van der Waals surface area contributed by atoms with Crippen molar-refractivity contribution in [2.75, 3.05) is 26.2 Å². The van der Waals surface area contributed by atoms with Crippen LogP contribution < -0.4 is 0 Å². The maximum absolute atomic E-state index is 12.6. The average molecular weight is 370 g/mol. The Bertz CT molecular complexity index is 764. The maximum atomic E-state index is 12.6. The summed E-state index contributed by atoms with van der Waals surface area (Å²) in [6.07, 6.45) is 1.98. The Morgan fingerprint density at radius 3 is 2.89 bits per heavy atom. The number of aryl methyl sites for hydroxylation is 2. The number of rotatable bonds is 6. The molecule has 2 atom stereocenters. The zero-order valence-electron chi connectivity index (χ0n) is 15.7. The second-order valence-electron chi connectivity index (χ2n) is 7.32. The van der Waals surface area contributed by atoms with Gasteiger partial charge in [0, 0.05) is 39.0 Å². The molecule has 144 valence electrons. The van der Waals surface area contributed by atoms with Crippen LogP contribution >= 0.6 is 0 Å². The van der Waals surface area contributed by atoms with Crippen LogP contribution in [0.25, 0.3) is 0 Å². The Morgan fingerprint density at radius 1 is 1.26 bits per heavy atom. The summed E-state index contributed by atoms with van der Waals surface area (Å²) in [6, 6.07) is 10.8. The van der Waals surface area contributed by atoms with Gasteiger partial charge in [0.2, 0.25) is 11.8 Å². The van der Waals surface area contributed by atoms with Crippen molar-refractivity contribution < 1.29 is 14.1 Å². The van der Waals surface area contributed by atoms with Gasteiger partial charge in [0.15, 0.2) is 5.82 Å². The quantitative estimate of drug-likeness (QED) is 0.772. The van der Waals surface area contributed by atoms with Gasteiger partial charge in [-0.3, -0.25) is 9.69 Å². The lowest BCUT2D eigenvalue weighted by Gasteiger charge is -2.36. The van der Waals surface area contributed by atoms with Crippen molar-refractivity contribution in [3.8, 4) is 0 Å². The van der Waals surface area contributed by atoms with Gasteiger partial charge in [-0.15, -0.1) is 0 Å². The summed E-state index contributed by atoms with van der Waals surface area (Å²) in [6.45, 7) is 5.78. The minimum absolute atomic E-state index is 0.116. The lowest BCUT2D eigenvalue weighted by atomic mass is 10.1. The molecule has 0 unspecified atom stereocenters. The fourth-order valence-corrected chi connectivity index (χ4v) is 3.97. The second-order valence-corrected chi connectivity index (χ2v) is 7.32. The highest BCUT2D eigenvalue weighted by molar-refractivity contribution is 5.76. The molecule has 2 fully saturated rings. The molecule has 7 nitrogen and oxygen atoms in total. The largest absolute Gasteiger partial charge is 0.373 e. The van der Waals surface area contributed by atoms with Gasteiger partial charge in [0.1, 0.15) is 0 Å². The first-order chi connectivity index (χ1) is 13.2. The van der Waals surface area contributed by atoms with Gasteiger partial charge in [-0.1, -0.05) is 35.5 Å². The summed E-state index contributed by atoms with van der Waals surface area (Å²) < 4.78 is 11.1. The third-order valence-corrected chi connectivity index (χ3v) is 5.35. The van der Waals surface area contributed by atoms with Crippen molar-refractivity contribution in [3.05, 3.63) is 47.6 Å². The van der Waals surface area contributed by atoms with Crippen molar-refractivity contribution in [3.63, 3.8) is 0 Å². The summed E-state index contributed by atoms with van der Waals surface area (Å²) in [5, 5.41) is 3.78. The average Bonchev–Trinajstić information content (AvgIpc) is 3.29. The number of ether oxygens (including phenoxy) is 1. The molecule has 3 heterocycles. The SMILES string of the molecule is Cc1noc(CCCC(=O)N2C[C@@H]3OCCN(Cc4ccccc4)[C@@H]3C2)n1. The monoisotopic (exact) mass is 370 g/mol. The van der Waals surface area contributed by atoms with Crippen LogP contribution in [-0.4, -0.2) is 64.2 Å². The highest BCUT2D eigenvalue weighted by Crippen LogP contribution is 2.25. The first-order valence-electron chi connectivity index (χ1n) is 9.65. The Morgan fingerprint density at radius 2 is 2.11 bits per heavy atom. The molecule has 2 aliphatic rings. The molecule has 2 aliphatic heterocycles. The molecule has 0 N–H and O–H groups in total. The normalized spacial score (nSPS) is 22.8. The van der Waals surface area contributed by atoms with E-state index in [1.54, 1.807) is 6.92 Å². The van der Waals surface area contributed by atoms with E-state index in [-0.39, 0.29) is 18.1 Å². The number of amides is 1. The predicted molar refractivity (Wildman–Crippen MR) is 98.9 cm³/mol. The van der Waals surface area contributed by atoms with Gasteiger partial charge >= 0.3 is 0 Å². The van der Waals surface area contributed by atoms with Crippen molar-refractivity contribution in [1.82, 2.24) is 19.9 Å². The van der Waals surface area contributed by atoms with Gasteiger partial charge in [-0.25, -0.2) is 0 Å². The van der Waals surface area contributed by atoms with E-state index in [4.69, 9.17) is 9.26 Å². The summed E-state index contributed by atoms with van der Waals surface area (Å²) in [7, 11) is 0. The zero-order valence-corrected chi connectivity index (χ0v) is 15.7. The van der Waals surface area contributed by atoms with E-state index >= 15 is 0 Å².